The molecule has 1 saturated heterocycles. The average Bonchev–Trinajstić information content (AvgIpc) is 3.25. The Balaban J connectivity index is 1.70. The van der Waals surface area contributed by atoms with E-state index in [0.717, 1.165) is 17.3 Å². The van der Waals surface area contributed by atoms with Gasteiger partial charge in [-0.1, -0.05) is 6.92 Å². The first kappa shape index (κ1) is 17.1. The van der Waals surface area contributed by atoms with Crippen molar-refractivity contribution in [3.63, 3.8) is 0 Å². The highest BCUT2D eigenvalue weighted by Crippen LogP contribution is 2.31. The van der Waals surface area contributed by atoms with Crippen LogP contribution in [0.1, 0.15) is 25.8 Å². The van der Waals surface area contributed by atoms with Crippen LogP contribution in [0.4, 0.5) is 4.79 Å². The average molecular weight is 368 g/mol. The second-order valence-corrected chi connectivity index (χ2v) is 6.86. The van der Waals surface area contributed by atoms with Gasteiger partial charge in [-0.05, 0) is 18.4 Å². The number of carbonyl (C=O) groups is 1. The van der Waals surface area contributed by atoms with Crippen molar-refractivity contribution in [3.8, 4) is 6.07 Å². The molecular formula is C18H20N6O3. The fraction of sp³-hybridized carbons (Fsp3) is 0.444. The number of rotatable bonds is 3. The smallest absolute Gasteiger partial charge is 0.409 e. The first-order valence-corrected chi connectivity index (χ1v) is 8.95. The fourth-order valence-electron chi connectivity index (χ4n) is 3.76. The summed E-state index contributed by atoms with van der Waals surface area (Å²) < 4.78 is 6.90. The van der Waals surface area contributed by atoms with E-state index in [2.05, 4.69) is 21.9 Å². The number of nitrogens with one attached hydrogen (secondary N) is 2. The van der Waals surface area contributed by atoms with Gasteiger partial charge in [-0.3, -0.25) is 4.57 Å². The molecule has 1 fully saturated rings. The highest BCUT2D eigenvalue weighted by Gasteiger charge is 2.33. The molecule has 2 N–H and O–H groups in total. The SMILES string of the molecule is C[C@H]1CCN(C(=O)OCCC#N)C[C@H]1n1c(=O)[nH]c2cnc3[nH]ccc3c21. The quantitative estimate of drug-likeness (QED) is 0.686. The van der Waals surface area contributed by atoms with E-state index in [-0.39, 0.29) is 30.7 Å². The number of aromatic nitrogens is 4. The van der Waals surface area contributed by atoms with Crippen LogP contribution in [-0.4, -0.2) is 50.2 Å². The molecule has 9 nitrogen and oxygen atoms in total. The van der Waals surface area contributed by atoms with Gasteiger partial charge in [-0.15, -0.1) is 0 Å². The number of nitrogens with zero attached hydrogens (tertiary/aromatic N) is 4. The van der Waals surface area contributed by atoms with Crippen LogP contribution < -0.4 is 5.69 Å². The van der Waals surface area contributed by atoms with E-state index in [9.17, 15) is 9.59 Å². The number of hydrogen-bond donors (Lipinski definition) is 2. The normalized spacial score (nSPS) is 20.1. The maximum Gasteiger partial charge on any atom is 0.409 e. The molecular weight excluding hydrogens is 348 g/mol. The van der Waals surface area contributed by atoms with Crippen molar-refractivity contribution < 1.29 is 9.53 Å². The van der Waals surface area contributed by atoms with Gasteiger partial charge in [0.25, 0.3) is 0 Å². The molecule has 0 radical (unpaired) electrons. The van der Waals surface area contributed by atoms with Gasteiger partial charge in [0.1, 0.15) is 12.3 Å². The van der Waals surface area contributed by atoms with Crippen molar-refractivity contribution in [1.29, 1.82) is 5.26 Å². The van der Waals surface area contributed by atoms with Crippen molar-refractivity contribution in [1.82, 2.24) is 24.4 Å². The van der Waals surface area contributed by atoms with E-state index in [0.29, 0.717) is 24.3 Å². The molecule has 4 rings (SSSR count). The van der Waals surface area contributed by atoms with Crippen LogP contribution in [-0.2, 0) is 4.74 Å². The van der Waals surface area contributed by atoms with Crippen molar-refractivity contribution >= 4 is 28.2 Å². The largest absolute Gasteiger partial charge is 0.448 e. The lowest BCUT2D eigenvalue weighted by Crippen LogP contribution is -2.46. The lowest BCUT2D eigenvalue weighted by Gasteiger charge is -2.37. The van der Waals surface area contributed by atoms with Gasteiger partial charge in [0.15, 0.2) is 0 Å². The van der Waals surface area contributed by atoms with E-state index in [1.165, 1.54) is 0 Å². The highest BCUT2D eigenvalue weighted by atomic mass is 16.6. The number of imidazole rings is 1. The number of amides is 1. The summed E-state index contributed by atoms with van der Waals surface area (Å²) >= 11 is 0. The molecule has 1 aliphatic heterocycles. The summed E-state index contributed by atoms with van der Waals surface area (Å²) in [5.41, 5.74) is 1.97. The summed E-state index contributed by atoms with van der Waals surface area (Å²) in [5.74, 6) is 0.215. The minimum Gasteiger partial charge on any atom is -0.448 e. The second-order valence-electron chi connectivity index (χ2n) is 6.86. The highest BCUT2D eigenvalue weighted by molar-refractivity contribution is 6.00. The number of pyridine rings is 1. The lowest BCUT2D eigenvalue weighted by molar-refractivity contribution is 0.0752. The third-order valence-electron chi connectivity index (χ3n) is 5.21. The van der Waals surface area contributed by atoms with Crippen molar-refractivity contribution in [2.45, 2.75) is 25.8 Å². The Morgan fingerprint density at radius 2 is 2.37 bits per heavy atom. The number of nitriles is 1. The van der Waals surface area contributed by atoms with Crippen LogP contribution in [0.15, 0.2) is 23.3 Å². The summed E-state index contributed by atoms with van der Waals surface area (Å²) in [6.45, 7) is 3.12. The fourth-order valence-corrected chi connectivity index (χ4v) is 3.76. The third-order valence-corrected chi connectivity index (χ3v) is 5.21. The van der Waals surface area contributed by atoms with Crippen LogP contribution in [0.2, 0.25) is 0 Å². The minimum atomic E-state index is -0.441. The molecule has 0 spiro atoms. The van der Waals surface area contributed by atoms with Crippen molar-refractivity contribution in [2.75, 3.05) is 19.7 Å². The molecule has 140 valence electrons. The van der Waals surface area contributed by atoms with Gasteiger partial charge in [-0.2, -0.15) is 5.26 Å². The molecule has 27 heavy (non-hydrogen) atoms. The number of ether oxygens (including phenoxy) is 1. The maximum atomic E-state index is 12.7. The first-order valence-electron chi connectivity index (χ1n) is 8.95. The van der Waals surface area contributed by atoms with E-state index >= 15 is 0 Å². The molecule has 4 heterocycles. The molecule has 0 unspecified atom stereocenters. The Labute approximate surface area is 154 Å². The molecule has 3 aromatic heterocycles. The topological polar surface area (TPSA) is 120 Å². The molecule has 0 saturated carbocycles. The molecule has 0 aromatic carbocycles. The van der Waals surface area contributed by atoms with Crippen LogP contribution >= 0.6 is 0 Å². The summed E-state index contributed by atoms with van der Waals surface area (Å²) in [5, 5.41) is 9.45. The Bertz CT molecular complexity index is 1090. The molecule has 1 amide bonds. The summed E-state index contributed by atoms with van der Waals surface area (Å²) in [6.07, 6.45) is 3.93. The zero-order valence-corrected chi connectivity index (χ0v) is 14.9. The number of piperidine rings is 1. The van der Waals surface area contributed by atoms with Gasteiger partial charge in [0.05, 0.1) is 35.8 Å². The summed E-state index contributed by atoms with van der Waals surface area (Å²) in [6, 6.07) is 3.67. The van der Waals surface area contributed by atoms with Gasteiger partial charge < -0.3 is 19.6 Å². The Morgan fingerprint density at radius 3 is 3.19 bits per heavy atom. The zero-order valence-electron chi connectivity index (χ0n) is 14.9. The minimum absolute atomic E-state index is 0.0781. The summed E-state index contributed by atoms with van der Waals surface area (Å²) in [7, 11) is 0. The number of aromatic amines is 2. The molecule has 1 aliphatic rings. The zero-order chi connectivity index (χ0) is 19.0. The number of hydrogen-bond acceptors (Lipinski definition) is 5. The third kappa shape index (κ3) is 2.93. The predicted octanol–water partition coefficient (Wildman–Crippen LogP) is 2.14. The maximum absolute atomic E-state index is 12.7. The van der Waals surface area contributed by atoms with Crippen molar-refractivity contribution in [3.05, 3.63) is 28.9 Å². The van der Waals surface area contributed by atoms with Crippen LogP contribution in [0.25, 0.3) is 22.1 Å². The number of H-pyrrole nitrogens is 2. The number of likely N-dealkylation sites (tertiary alicyclic amines) is 1. The summed E-state index contributed by atoms with van der Waals surface area (Å²) in [4.78, 5) is 36.9. The van der Waals surface area contributed by atoms with E-state index < -0.39 is 6.09 Å². The Kier molecular flexibility index (Phi) is 4.32. The monoisotopic (exact) mass is 368 g/mol. The first-order chi connectivity index (χ1) is 13.1. The van der Waals surface area contributed by atoms with Gasteiger partial charge in [0.2, 0.25) is 0 Å². The number of carbonyl (C=O) groups excluding carboxylic acids is 1. The van der Waals surface area contributed by atoms with E-state index in [1.54, 1.807) is 21.9 Å². The molecule has 9 heteroatoms. The van der Waals surface area contributed by atoms with E-state index in [1.807, 2.05) is 12.1 Å². The predicted molar refractivity (Wildman–Crippen MR) is 98.2 cm³/mol. The van der Waals surface area contributed by atoms with Gasteiger partial charge in [-0.25, -0.2) is 14.6 Å². The Hall–Kier alpha value is -3.28. The van der Waals surface area contributed by atoms with Crippen LogP contribution in [0.3, 0.4) is 0 Å². The standard InChI is InChI=1S/C18H20N6O3/c1-11-4-7-23(18(26)27-8-2-5-19)10-14(11)24-15-12-3-6-20-16(12)21-9-13(15)22-17(24)25/h3,6,9,11,14H,2,4,7-8,10H2,1H3,(H,20,21)(H,22,25)/t11-,14+/m0/s1. The van der Waals surface area contributed by atoms with E-state index in [4.69, 9.17) is 10.00 Å². The van der Waals surface area contributed by atoms with Crippen LogP contribution in [0.5, 0.6) is 0 Å². The Morgan fingerprint density at radius 1 is 1.52 bits per heavy atom. The molecule has 0 bridgehead atoms. The molecule has 3 aromatic rings. The van der Waals surface area contributed by atoms with Crippen molar-refractivity contribution in [2.24, 2.45) is 5.92 Å². The lowest BCUT2D eigenvalue weighted by atomic mass is 9.93. The molecule has 0 aliphatic carbocycles. The second kappa shape index (κ2) is 6.79. The number of fused-ring (bicyclic) bond motifs is 3. The van der Waals surface area contributed by atoms with Crippen LogP contribution in [0, 0.1) is 17.2 Å². The van der Waals surface area contributed by atoms with Gasteiger partial charge in [0, 0.05) is 24.7 Å². The van der Waals surface area contributed by atoms with Gasteiger partial charge >= 0.3 is 11.8 Å². The molecule has 2 atom stereocenters.